The Balaban J connectivity index is 2.82. The van der Waals surface area contributed by atoms with Crippen LogP contribution >= 0.6 is 0 Å². The second-order valence-corrected chi connectivity index (χ2v) is 4.56. The quantitative estimate of drug-likeness (QED) is 0.752. The van der Waals surface area contributed by atoms with Crippen LogP contribution in [0.1, 0.15) is 25.5 Å². The van der Waals surface area contributed by atoms with Gasteiger partial charge >= 0.3 is 0 Å². The smallest absolute Gasteiger partial charge is 0.234 e. The predicted octanol–water partition coefficient (Wildman–Crippen LogP) is 1.60. The molecular weight excluding hydrogens is 285 g/mol. The Hall–Kier alpha value is -1.60. The minimum atomic E-state index is -1.58. The minimum absolute atomic E-state index is 0.0261. The number of amides is 1. The van der Waals surface area contributed by atoms with Gasteiger partial charge in [-0.25, -0.2) is 13.2 Å². The lowest BCUT2D eigenvalue weighted by Crippen LogP contribution is -2.39. The highest BCUT2D eigenvalue weighted by Crippen LogP contribution is 2.19. The van der Waals surface area contributed by atoms with Crippen LogP contribution in [0.5, 0.6) is 0 Å². The van der Waals surface area contributed by atoms with E-state index in [4.69, 9.17) is 0 Å². The Morgan fingerprint density at radius 1 is 1.24 bits per heavy atom. The minimum Gasteiger partial charge on any atom is -0.394 e. The Bertz CT molecular complexity index is 470. The van der Waals surface area contributed by atoms with Crippen molar-refractivity contribution in [3.05, 3.63) is 35.1 Å². The molecule has 1 amide bonds. The maximum Gasteiger partial charge on any atom is 0.234 e. The molecule has 2 N–H and O–H groups in total. The van der Waals surface area contributed by atoms with Crippen molar-refractivity contribution in [3.63, 3.8) is 0 Å². The Morgan fingerprint density at radius 2 is 1.76 bits per heavy atom. The fraction of sp³-hybridized carbons (Fsp3) is 0.500. The number of hydrogen-bond acceptors (Lipinski definition) is 3. The Kier molecular flexibility index (Phi) is 6.64. The van der Waals surface area contributed by atoms with E-state index in [1.165, 1.54) is 0 Å². The first kappa shape index (κ1) is 17.5. The first-order valence-corrected chi connectivity index (χ1v) is 6.69. The molecule has 1 unspecified atom stereocenters. The highest BCUT2D eigenvalue weighted by Gasteiger charge is 2.19. The first-order chi connectivity index (χ1) is 9.92. The van der Waals surface area contributed by atoms with E-state index in [1.54, 1.807) is 0 Å². The van der Waals surface area contributed by atoms with E-state index >= 15 is 0 Å². The van der Waals surface area contributed by atoms with Gasteiger partial charge < -0.3 is 10.4 Å². The zero-order chi connectivity index (χ0) is 16.0. The zero-order valence-corrected chi connectivity index (χ0v) is 12.0. The third-order valence-electron chi connectivity index (χ3n) is 3.19. The van der Waals surface area contributed by atoms with Gasteiger partial charge in [-0.15, -0.1) is 0 Å². The topological polar surface area (TPSA) is 52.6 Å². The molecule has 7 heteroatoms. The van der Waals surface area contributed by atoms with Gasteiger partial charge in [0.05, 0.1) is 19.2 Å². The number of hydrogen-bond donors (Lipinski definition) is 2. The number of carbonyl (C=O) groups excluding carboxylic acids is 1. The number of rotatable bonds is 7. The van der Waals surface area contributed by atoms with Crippen LogP contribution in [0.2, 0.25) is 0 Å². The van der Waals surface area contributed by atoms with Crippen molar-refractivity contribution in [2.24, 2.45) is 0 Å². The van der Waals surface area contributed by atoms with E-state index < -0.39 is 30.1 Å². The van der Waals surface area contributed by atoms with E-state index in [0.29, 0.717) is 13.1 Å². The molecule has 4 nitrogen and oxygen atoms in total. The van der Waals surface area contributed by atoms with Crippen molar-refractivity contribution in [3.8, 4) is 0 Å². The van der Waals surface area contributed by atoms with Crippen LogP contribution < -0.4 is 5.32 Å². The van der Waals surface area contributed by atoms with Crippen molar-refractivity contribution in [2.75, 3.05) is 26.2 Å². The van der Waals surface area contributed by atoms with E-state index in [1.807, 2.05) is 18.7 Å². The predicted molar refractivity (Wildman–Crippen MR) is 72.1 cm³/mol. The maximum atomic E-state index is 13.2. The summed E-state index contributed by atoms with van der Waals surface area (Å²) in [7, 11) is 0. The largest absolute Gasteiger partial charge is 0.394 e. The van der Waals surface area contributed by atoms with Crippen molar-refractivity contribution in [1.29, 1.82) is 0 Å². The normalized spacial score (nSPS) is 12.5. The number of benzene rings is 1. The lowest BCUT2D eigenvalue weighted by molar-refractivity contribution is -0.123. The fourth-order valence-electron chi connectivity index (χ4n) is 1.90. The van der Waals surface area contributed by atoms with Crippen LogP contribution in [0.15, 0.2) is 12.1 Å². The maximum absolute atomic E-state index is 13.2. The molecule has 0 bridgehead atoms. The molecule has 0 spiro atoms. The van der Waals surface area contributed by atoms with E-state index in [0.717, 1.165) is 12.1 Å². The molecule has 0 heterocycles. The second-order valence-electron chi connectivity index (χ2n) is 4.56. The van der Waals surface area contributed by atoms with Gasteiger partial charge in [-0.1, -0.05) is 13.8 Å². The first-order valence-electron chi connectivity index (χ1n) is 6.69. The second kappa shape index (κ2) is 7.99. The van der Waals surface area contributed by atoms with Crippen molar-refractivity contribution in [1.82, 2.24) is 10.2 Å². The molecule has 0 aliphatic carbocycles. The Morgan fingerprint density at radius 3 is 2.19 bits per heavy atom. The summed E-state index contributed by atoms with van der Waals surface area (Å²) in [4.78, 5) is 13.7. The molecule has 21 heavy (non-hydrogen) atoms. The lowest BCUT2D eigenvalue weighted by Gasteiger charge is -2.21. The molecule has 0 aromatic heterocycles. The average molecular weight is 304 g/mol. The standard InChI is InChI=1S/C14H19F3N2O2/c1-3-19(4-2)7-13(21)18-12(8-20)9-5-10(15)14(17)11(16)6-9/h5-6,12,20H,3-4,7-8H2,1-2H3,(H,18,21). The molecule has 0 aliphatic rings. The van der Waals surface area contributed by atoms with Gasteiger partial charge in [0, 0.05) is 0 Å². The number of nitrogens with zero attached hydrogens (tertiary/aromatic N) is 1. The van der Waals surface area contributed by atoms with Crippen molar-refractivity contribution >= 4 is 5.91 Å². The van der Waals surface area contributed by atoms with Gasteiger partial charge in [0.1, 0.15) is 0 Å². The van der Waals surface area contributed by atoms with Gasteiger partial charge in [0.2, 0.25) is 5.91 Å². The number of nitrogens with one attached hydrogen (secondary N) is 1. The van der Waals surface area contributed by atoms with Crippen molar-refractivity contribution in [2.45, 2.75) is 19.9 Å². The summed E-state index contributed by atoms with van der Waals surface area (Å²) in [6, 6.07) is 0.534. The van der Waals surface area contributed by atoms with Gasteiger partial charge in [0.15, 0.2) is 17.5 Å². The number of aliphatic hydroxyl groups is 1. The molecule has 1 atom stereocenters. The number of halogens is 3. The van der Waals surface area contributed by atoms with Crippen molar-refractivity contribution < 1.29 is 23.1 Å². The number of carbonyl (C=O) groups is 1. The summed E-state index contributed by atoms with van der Waals surface area (Å²) in [5.74, 6) is -4.68. The monoisotopic (exact) mass is 304 g/mol. The molecule has 0 radical (unpaired) electrons. The summed E-state index contributed by atoms with van der Waals surface area (Å²) >= 11 is 0. The summed E-state index contributed by atoms with van der Waals surface area (Å²) in [6.45, 7) is 4.70. The third kappa shape index (κ3) is 4.71. The molecule has 0 saturated heterocycles. The fourth-order valence-corrected chi connectivity index (χ4v) is 1.90. The molecule has 1 aromatic carbocycles. The molecule has 118 valence electrons. The van der Waals surface area contributed by atoms with Crippen LogP contribution in [0.25, 0.3) is 0 Å². The molecule has 0 aliphatic heterocycles. The summed E-state index contributed by atoms with van der Waals surface area (Å²) in [6.07, 6.45) is 0. The molecule has 0 saturated carbocycles. The molecule has 1 rings (SSSR count). The average Bonchev–Trinajstić information content (AvgIpc) is 2.47. The van der Waals surface area contributed by atoms with Crippen LogP contribution in [0, 0.1) is 17.5 Å². The number of likely N-dealkylation sites (N-methyl/N-ethyl adjacent to an activating group) is 1. The number of aliphatic hydroxyl groups excluding tert-OH is 1. The van der Waals surface area contributed by atoms with E-state index in [2.05, 4.69) is 5.32 Å². The SMILES string of the molecule is CCN(CC)CC(=O)NC(CO)c1cc(F)c(F)c(F)c1. The Labute approximate surface area is 121 Å². The molecular formula is C14H19F3N2O2. The van der Waals surface area contributed by atoms with E-state index in [-0.39, 0.29) is 18.0 Å². The van der Waals surface area contributed by atoms with Crippen LogP contribution in [-0.2, 0) is 4.79 Å². The van der Waals surface area contributed by atoms with Crippen LogP contribution in [-0.4, -0.2) is 42.2 Å². The highest BCUT2D eigenvalue weighted by molar-refractivity contribution is 5.78. The summed E-state index contributed by atoms with van der Waals surface area (Å²) in [5, 5.41) is 11.7. The molecule has 0 fully saturated rings. The summed E-state index contributed by atoms with van der Waals surface area (Å²) in [5.41, 5.74) is -0.0261. The molecule has 1 aromatic rings. The van der Waals surface area contributed by atoms with Gasteiger partial charge in [-0.05, 0) is 30.8 Å². The van der Waals surface area contributed by atoms with Crippen LogP contribution in [0.4, 0.5) is 13.2 Å². The lowest BCUT2D eigenvalue weighted by atomic mass is 10.1. The van der Waals surface area contributed by atoms with Gasteiger partial charge in [0.25, 0.3) is 0 Å². The zero-order valence-electron chi connectivity index (χ0n) is 12.0. The van der Waals surface area contributed by atoms with Crippen LogP contribution in [0.3, 0.4) is 0 Å². The highest BCUT2D eigenvalue weighted by atomic mass is 19.2. The van der Waals surface area contributed by atoms with E-state index in [9.17, 15) is 23.1 Å². The van der Waals surface area contributed by atoms with Gasteiger partial charge in [-0.2, -0.15) is 0 Å². The summed E-state index contributed by atoms with van der Waals surface area (Å²) < 4.78 is 39.2. The van der Waals surface area contributed by atoms with Gasteiger partial charge in [-0.3, -0.25) is 9.69 Å². The third-order valence-corrected chi connectivity index (χ3v) is 3.19.